The number of benzene rings is 2. The number of hydrogen-bond acceptors (Lipinski definition) is 0. The van der Waals surface area contributed by atoms with Crippen molar-refractivity contribution >= 4 is 23.9 Å². The Labute approximate surface area is 104 Å². The quantitative estimate of drug-likeness (QED) is 0.747. The van der Waals surface area contributed by atoms with Gasteiger partial charge in [-0.1, -0.05) is 0 Å². The molecular formula is C13H9F3Se. The molecule has 0 atom stereocenters. The molecule has 0 spiro atoms. The minimum absolute atomic E-state index is 0.0609. The fraction of sp³-hybridized carbons (Fsp3) is 0.0769. The third kappa shape index (κ3) is 3.35. The van der Waals surface area contributed by atoms with Gasteiger partial charge in [-0.05, 0) is 0 Å². The van der Waals surface area contributed by atoms with Crippen molar-refractivity contribution in [2.24, 2.45) is 0 Å². The molecule has 88 valence electrons. The second-order valence-electron chi connectivity index (χ2n) is 3.44. The summed E-state index contributed by atoms with van der Waals surface area (Å²) in [7, 11) is 0. The van der Waals surface area contributed by atoms with Crippen LogP contribution in [0.5, 0.6) is 0 Å². The van der Waals surface area contributed by atoms with Crippen molar-refractivity contribution in [3.05, 3.63) is 60.2 Å². The number of hydrogen-bond donors (Lipinski definition) is 0. The van der Waals surface area contributed by atoms with Gasteiger partial charge < -0.3 is 0 Å². The molecule has 0 aliphatic rings. The van der Waals surface area contributed by atoms with Crippen molar-refractivity contribution in [3.8, 4) is 0 Å². The van der Waals surface area contributed by atoms with E-state index in [1.165, 1.54) is 0 Å². The summed E-state index contributed by atoms with van der Waals surface area (Å²) in [6.45, 7) is 0. The summed E-state index contributed by atoms with van der Waals surface area (Å²) < 4.78 is 39.1. The molecule has 0 bridgehead atoms. The molecule has 4 heteroatoms. The Morgan fingerprint density at radius 2 is 1.24 bits per heavy atom. The molecule has 17 heavy (non-hydrogen) atoms. The van der Waals surface area contributed by atoms with Crippen molar-refractivity contribution in [1.29, 1.82) is 0 Å². The van der Waals surface area contributed by atoms with Gasteiger partial charge in [0.1, 0.15) is 0 Å². The predicted octanol–water partition coefficient (Wildman–Crippen LogP) is 2.36. The van der Waals surface area contributed by atoms with Gasteiger partial charge >= 0.3 is 103 Å². The normalized spacial score (nSPS) is 11.5. The molecule has 0 aliphatic carbocycles. The summed E-state index contributed by atoms with van der Waals surface area (Å²) in [5, 5.41) is 0. The van der Waals surface area contributed by atoms with E-state index in [1.54, 1.807) is 12.1 Å². The second-order valence-corrected chi connectivity index (χ2v) is 5.84. The van der Waals surface area contributed by atoms with Crippen LogP contribution in [0.1, 0.15) is 5.56 Å². The Morgan fingerprint density at radius 1 is 0.706 bits per heavy atom. The van der Waals surface area contributed by atoms with Crippen molar-refractivity contribution in [3.63, 3.8) is 0 Å². The molecule has 0 amide bonds. The maximum atomic E-state index is 12.4. The molecule has 0 unspecified atom stereocenters. The third-order valence-corrected chi connectivity index (χ3v) is 4.29. The zero-order valence-corrected chi connectivity index (χ0v) is 10.5. The third-order valence-electron chi connectivity index (χ3n) is 2.16. The average molecular weight is 301 g/mol. The summed E-state index contributed by atoms with van der Waals surface area (Å²) in [5.41, 5.74) is -0.592. The molecule has 0 saturated carbocycles. The predicted molar refractivity (Wildman–Crippen MR) is 62.9 cm³/mol. The molecule has 0 N–H and O–H groups in total. The van der Waals surface area contributed by atoms with Crippen LogP contribution in [0, 0.1) is 0 Å². The monoisotopic (exact) mass is 302 g/mol. The first-order valence-electron chi connectivity index (χ1n) is 4.96. The van der Waals surface area contributed by atoms with E-state index < -0.39 is 11.7 Å². The Balaban J connectivity index is 2.14. The van der Waals surface area contributed by atoms with E-state index in [1.807, 2.05) is 30.3 Å². The summed E-state index contributed by atoms with van der Waals surface area (Å²) in [5.74, 6) is 0. The van der Waals surface area contributed by atoms with Crippen LogP contribution < -0.4 is 8.92 Å². The Morgan fingerprint density at radius 3 is 1.76 bits per heavy atom. The van der Waals surface area contributed by atoms with Crippen LogP contribution in [0.25, 0.3) is 0 Å². The van der Waals surface area contributed by atoms with Gasteiger partial charge in [-0.15, -0.1) is 0 Å². The van der Waals surface area contributed by atoms with E-state index in [-0.39, 0.29) is 15.0 Å². The van der Waals surface area contributed by atoms with Crippen LogP contribution in [-0.2, 0) is 6.18 Å². The van der Waals surface area contributed by atoms with E-state index in [9.17, 15) is 13.2 Å². The van der Waals surface area contributed by atoms with Crippen LogP contribution in [0.3, 0.4) is 0 Å². The van der Waals surface area contributed by atoms with Crippen LogP contribution in [0.15, 0.2) is 54.6 Å². The van der Waals surface area contributed by atoms with Crippen LogP contribution in [0.2, 0.25) is 0 Å². The number of halogens is 3. The minimum atomic E-state index is -4.25. The molecule has 0 aromatic heterocycles. The molecule has 2 aromatic rings. The zero-order valence-electron chi connectivity index (χ0n) is 8.74. The second kappa shape index (κ2) is 4.94. The van der Waals surface area contributed by atoms with Crippen molar-refractivity contribution in [1.82, 2.24) is 0 Å². The first-order valence-corrected chi connectivity index (χ1v) is 6.67. The standard InChI is InChI=1S/C13H9F3Se/c14-13(15,16)10-6-8-12(9-7-10)17-11-4-2-1-3-5-11/h1-9H. The molecule has 0 heterocycles. The molecule has 0 saturated heterocycles. The van der Waals surface area contributed by atoms with E-state index >= 15 is 0 Å². The van der Waals surface area contributed by atoms with Gasteiger partial charge in [0.15, 0.2) is 0 Å². The number of alkyl halides is 3. The fourth-order valence-corrected chi connectivity index (χ4v) is 3.09. The van der Waals surface area contributed by atoms with Gasteiger partial charge in [-0.3, -0.25) is 0 Å². The Bertz CT molecular complexity index is 474. The van der Waals surface area contributed by atoms with E-state index in [2.05, 4.69) is 0 Å². The topological polar surface area (TPSA) is 0 Å². The maximum absolute atomic E-state index is 12.4. The molecule has 0 nitrogen and oxygen atoms in total. The van der Waals surface area contributed by atoms with Crippen LogP contribution in [0.4, 0.5) is 13.2 Å². The molecule has 0 fully saturated rings. The SMILES string of the molecule is FC(F)(F)c1ccc([Se]c2ccccc2)cc1. The van der Waals surface area contributed by atoms with E-state index in [0.717, 1.165) is 21.1 Å². The summed E-state index contributed by atoms with van der Waals surface area (Å²) in [4.78, 5) is 0. The Hall–Kier alpha value is -1.25. The summed E-state index contributed by atoms with van der Waals surface area (Å²) in [6, 6.07) is 15.1. The van der Waals surface area contributed by atoms with Crippen LogP contribution >= 0.6 is 0 Å². The molecule has 0 radical (unpaired) electrons. The first kappa shape index (κ1) is 12.2. The van der Waals surface area contributed by atoms with E-state index in [4.69, 9.17) is 0 Å². The van der Waals surface area contributed by atoms with Crippen molar-refractivity contribution in [2.75, 3.05) is 0 Å². The van der Waals surface area contributed by atoms with Gasteiger partial charge in [0.2, 0.25) is 0 Å². The van der Waals surface area contributed by atoms with Crippen molar-refractivity contribution in [2.45, 2.75) is 6.18 Å². The molecular weight excluding hydrogens is 292 g/mol. The summed E-state index contributed by atoms with van der Waals surface area (Å²) in [6.07, 6.45) is -4.25. The summed E-state index contributed by atoms with van der Waals surface area (Å²) >= 11 is 0.0609. The fourth-order valence-electron chi connectivity index (χ4n) is 1.34. The molecule has 2 aromatic carbocycles. The average Bonchev–Trinajstić information content (AvgIpc) is 2.30. The van der Waals surface area contributed by atoms with Gasteiger partial charge in [0.05, 0.1) is 0 Å². The van der Waals surface area contributed by atoms with Gasteiger partial charge in [-0.25, -0.2) is 0 Å². The number of rotatable bonds is 2. The molecule has 2 rings (SSSR count). The van der Waals surface area contributed by atoms with Crippen LogP contribution in [-0.4, -0.2) is 15.0 Å². The van der Waals surface area contributed by atoms with Gasteiger partial charge in [-0.2, -0.15) is 0 Å². The first-order chi connectivity index (χ1) is 8.05. The van der Waals surface area contributed by atoms with Crippen molar-refractivity contribution < 1.29 is 13.2 Å². The van der Waals surface area contributed by atoms with Gasteiger partial charge in [0.25, 0.3) is 0 Å². The Kier molecular flexibility index (Phi) is 3.55. The molecule has 0 aliphatic heterocycles. The van der Waals surface area contributed by atoms with E-state index in [0.29, 0.717) is 0 Å². The van der Waals surface area contributed by atoms with Gasteiger partial charge in [0, 0.05) is 0 Å². The zero-order chi connectivity index (χ0) is 12.3.